The van der Waals surface area contributed by atoms with Crippen LogP contribution in [0.15, 0.2) is 10.7 Å². The van der Waals surface area contributed by atoms with Gasteiger partial charge in [0.1, 0.15) is 10.2 Å². The summed E-state index contributed by atoms with van der Waals surface area (Å²) in [5.74, 6) is 1.30. The molecule has 0 aliphatic carbocycles. The van der Waals surface area contributed by atoms with E-state index in [1.165, 1.54) is 0 Å². The van der Waals surface area contributed by atoms with E-state index in [4.69, 9.17) is 18.9 Å². The molecule has 1 N–H and O–H groups in total. The van der Waals surface area contributed by atoms with E-state index in [1.807, 2.05) is 26.8 Å². The average Bonchev–Trinajstić information content (AvgIpc) is 2.61. The van der Waals surface area contributed by atoms with E-state index >= 15 is 0 Å². The summed E-state index contributed by atoms with van der Waals surface area (Å²) in [7, 11) is 3.23. The third-order valence-corrected chi connectivity index (χ3v) is 4.84. The molecule has 8 heteroatoms. The van der Waals surface area contributed by atoms with E-state index in [0.717, 1.165) is 18.4 Å². The lowest BCUT2D eigenvalue weighted by Crippen LogP contribution is -2.42. The van der Waals surface area contributed by atoms with Crippen LogP contribution in [-0.2, 0) is 15.9 Å². The van der Waals surface area contributed by atoms with E-state index in [2.05, 4.69) is 40.1 Å². The summed E-state index contributed by atoms with van der Waals surface area (Å²) >= 11 is 3.51. The van der Waals surface area contributed by atoms with Crippen LogP contribution in [0.1, 0.15) is 53.0 Å². The maximum Gasteiger partial charge on any atom is 0.407 e. The van der Waals surface area contributed by atoms with Gasteiger partial charge in [-0.15, -0.1) is 0 Å². The Kier molecular flexibility index (Phi) is 10.7. The summed E-state index contributed by atoms with van der Waals surface area (Å²) in [5, 5.41) is 2.98. The smallest absolute Gasteiger partial charge is 0.407 e. The van der Waals surface area contributed by atoms with Crippen LogP contribution < -0.4 is 14.8 Å². The fourth-order valence-corrected chi connectivity index (χ4v) is 3.12. The van der Waals surface area contributed by atoms with Crippen LogP contribution in [-0.4, -0.2) is 50.2 Å². The summed E-state index contributed by atoms with van der Waals surface area (Å²) in [6.45, 7) is 10.9. The van der Waals surface area contributed by atoms with Gasteiger partial charge in [-0.3, -0.25) is 0 Å². The van der Waals surface area contributed by atoms with E-state index in [1.54, 1.807) is 14.2 Å². The largest absolute Gasteiger partial charge is 0.488 e. The molecule has 29 heavy (non-hydrogen) atoms. The second-order valence-electron chi connectivity index (χ2n) is 8.18. The number of aryl methyl sites for hydroxylation is 1. The zero-order chi connectivity index (χ0) is 22.0. The molecule has 1 aromatic rings. The third-order valence-electron chi connectivity index (χ3n) is 4.16. The normalized spacial score (nSPS) is 12.6. The highest BCUT2D eigenvalue weighted by atomic mass is 79.9. The number of hydrogen-bond acceptors (Lipinski definition) is 6. The number of carbonyl (C=O) groups excluding carboxylic acids is 1. The molecule has 1 heterocycles. The predicted molar refractivity (Wildman–Crippen MR) is 117 cm³/mol. The molecule has 1 amide bonds. The number of nitrogens with one attached hydrogen (secondary N) is 1. The lowest BCUT2D eigenvalue weighted by molar-refractivity contribution is 0.0487. The van der Waals surface area contributed by atoms with Crippen molar-refractivity contribution in [3.63, 3.8) is 0 Å². The van der Waals surface area contributed by atoms with Crippen LogP contribution in [0.2, 0.25) is 0 Å². The second-order valence-corrected chi connectivity index (χ2v) is 8.93. The Morgan fingerprint density at radius 2 is 1.93 bits per heavy atom. The lowest BCUT2D eigenvalue weighted by atomic mass is 9.97. The molecule has 0 aliphatic heterocycles. The topological polar surface area (TPSA) is 78.9 Å². The van der Waals surface area contributed by atoms with Crippen LogP contribution in [0.25, 0.3) is 0 Å². The van der Waals surface area contributed by atoms with Crippen molar-refractivity contribution < 1.29 is 23.7 Å². The number of ether oxygens (including phenoxy) is 4. The molecule has 166 valence electrons. The highest BCUT2D eigenvalue weighted by Gasteiger charge is 2.22. The van der Waals surface area contributed by atoms with Gasteiger partial charge < -0.3 is 24.3 Å². The van der Waals surface area contributed by atoms with Crippen molar-refractivity contribution in [1.29, 1.82) is 0 Å². The van der Waals surface area contributed by atoms with Crippen molar-refractivity contribution in [2.45, 2.75) is 65.5 Å². The number of aromatic nitrogens is 1. The lowest BCUT2D eigenvalue weighted by Gasteiger charge is -2.26. The highest BCUT2D eigenvalue weighted by molar-refractivity contribution is 9.10. The van der Waals surface area contributed by atoms with E-state index in [0.29, 0.717) is 35.9 Å². The molecule has 0 radical (unpaired) electrons. The Hall–Kier alpha value is -1.54. The number of pyridine rings is 1. The van der Waals surface area contributed by atoms with Gasteiger partial charge in [0.05, 0.1) is 13.7 Å². The molecule has 0 aliphatic rings. The Morgan fingerprint density at radius 1 is 1.24 bits per heavy atom. The number of carbonyl (C=O) groups is 1. The Bertz CT molecular complexity index is 647. The molecule has 0 saturated heterocycles. The van der Waals surface area contributed by atoms with Crippen molar-refractivity contribution in [3.8, 4) is 11.6 Å². The fraction of sp³-hybridized carbons (Fsp3) is 0.714. The molecule has 0 aromatic carbocycles. The first kappa shape index (κ1) is 25.5. The van der Waals surface area contributed by atoms with Crippen molar-refractivity contribution in [2.75, 3.05) is 27.4 Å². The quantitative estimate of drug-likeness (QED) is 0.368. The van der Waals surface area contributed by atoms with Gasteiger partial charge in [-0.2, -0.15) is 0 Å². The minimum Gasteiger partial charge on any atom is -0.488 e. The molecule has 0 spiro atoms. The monoisotopic (exact) mass is 474 g/mol. The van der Waals surface area contributed by atoms with Crippen LogP contribution in [0.3, 0.4) is 0 Å². The Morgan fingerprint density at radius 3 is 2.48 bits per heavy atom. The molecule has 1 aromatic heterocycles. The number of amides is 1. The van der Waals surface area contributed by atoms with Gasteiger partial charge in [-0.25, -0.2) is 9.78 Å². The van der Waals surface area contributed by atoms with Gasteiger partial charge in [-0.1, -0.05) is 13.8 Å². The predicted octanol–water partition coefficient (Wildman–Crippen LogP) is 4.75. The summed E-state index contributed by atoms with van der Waals surface area (Å²) in [6.07, 6.45) is 1.84. The molecule has 0 fully saturated rings. The van der Waals surface area contributed by atoms with Crippen molar-refractivity contribution >= 4 is 22.0 Å². The third kappa shape index (κ3) is 9.67. The zero-order valence-corrected chi connectivity index (χ0v) is 20.2. The molecule has 1 atom stereocenters. The van der Waals surface area contributed by atoms with Crippen LogP contribution in [0.4, 0.5) is 4.79 Å². The van der Waals surface area contributed by atoms with Gasteiger partial charge in [0.25, 0.3) is 5.88 Å². The van der Waals surface area contributed by atoms with Crippen LogP contribution >= 0.6 is 15.9 Å². The number of hydrogen-bond donors (Lipinski definition) is 1. The van der Waals surface area contributed by atoms with Crippen LogP contribution in [0, 0.1) is 5.92 Å². The maximum atomic E-state index is 12.2. The molecule has 0 bridgehead atoms. The van der Waals surface area contributed by atoms with E-state index < -0.39 is 11.7 Å². The fourth-order valence-electron chi connectivity index (χ4n) is 2.65. The molecule has 7 nitrogen and oxygen atoms in total. The summed E-state index contributed by atoms with van der Waals surface area (Å²) < 4.78 is 22.3. The number of methoxy groups -OCH3 is 2. The second kappa shape index (κ2) is 12.2. The first-order chi connectivity index (χ1) is 13.6. The van der Waals surface area contributed by atoms with E-state index in [9.17, 15) is 4.79 Å². The standard InChI is InChI=1S/C21H35BrN2O5/c1-14(2)16(23-20(25)29-21(3,4)5)10-9-15-13-17(28-12-8-11-26-6)19(27-7)24-18(15)22/h13-14,16H,8-12H2,1-7H3,(H,23,25)/t16-/m0/s1. The van der Waals surface area contributed by atoms with Gasteiger partial charge in [0, 0.05) is 26.2 Å². The maximum absolute atomic E-state index is 12.2. The van der Waals surface area contributed by atoms with Gasteiger partial charge in [0.2, 0.25) is 0 Å². The molecule has 0 unspecified atom stereocenters. The van der Waals surface area contributed by atoms with Gasteiger partial charge in [-0.05, 0) is 67.1 Å². The van der Waals surface area contributed by atoms with Crippen LogP contribution in [0.5, 0.6) is 11.6 Å². The SMILES string of the molecule is COCCCOc1cc(CC[C@H](NC(=O)OC(C)(C)C)C(C)C)c(Br)nc1OC. The van der Waals surface area contributed by atoms with Crippen molar-refractivity contribution in [3.05, 3.63) is 16.2 Å². The molecular formula is C21H35BrN2O5. The Labute approximate surface area is 183 Å². The Balaban J connectivity index is 2.81. The van der Waals surface area contributed by atoms with Gasteiger partial charge in [0.15, 0.2) is 5.75 Å². The summed E-state index contributed by atoms with van der Waals surface area (Å²) in [6, 6.07) is 1.91. The van der Waals surface area contributed by atoms with Gasteiger partial charge >= 0.3 is 6.09 Å². The minimum atomic E-state index is -0.524. The minimum absolute atomic E-state index is 0.0232. The summed E-state index contributed by atoms with van der Waals surface area (Å²) in [4.78, 5) is 16.6. The van der Waals surface area contributed by atoms with Crippen molar-refractivity contribution in [1.82, 2.24) is 10.3 Å². The average molecular weight is 475 g/mol. The first-order valence-electron chi connectivity index (χ1n) is 9.92. The zero-order valence-electron chi connectivity index (χ0n) is 18.6. The molecule has 1 rings (SSSR count). The van der Waals surface area contributed by atoms with E-state index in [-0.39, 0.29) is 12.0 Å². The first-order valence-corrected chi connectivity index (χ1v) is 10.7. The number of alkyl carbamates (subject to hydrolysis) is 1. The summed E-state index contributed by atoms with van der Waals surface area (Å²) in [5.41, 5.74) is 0.466. The highest BCUT2D eigenvalue weighted by Crippen LogP contribution is 2.31. The molecule has 0 saturated carbocycles. The number of nitrogens with zero attached hydrogens (tertiary/aromatic N) is 1. The molecular weight excluding hydrogens is 440 g/mol. The number of rotatable bonds is 11. The van der Waals surface area contributed by atoms with Crippen molar-refractivity contribution in [2.24, 2.45) is 5.92 Å². The number of halogens is 1.